The van der Waals surface area contributed by atoms with Crippen molar-refractivity contribution in [3.05, 3.63) is 43.2 Å². The number of aryl methyl sites for hydroxylation is 2. The third-order valence-electron chi connectivity index (χ3n) is 4.94. The monoisotopic (exact) mass is 398 g/mol. The number of carbonyl (C=O) groups is 1. The van der Waals surface area contributed by atoms with Gasteiger partial charge in [0.1, 0.15) is 9.84 Å². The summed E-state index contributed by atoms with van der Waals surface area (Å²) in [6, 6.07) is 2.02. The Balaban J connectivity index is 1.68. The topological polar surface area (TPSA) is 88.6 Å². The molecule has 3 heterocycles. The minimum Gasteiger partial charge on any atom is -0.296 e. The van der Waals surface area contributed by atoms with Crippen molar-refractivity contribution in [2.45, 2.75) is 45.6 Å². The third kappa shape index (κ3) is 3.22. The van der Waals surface area contributed by atoms with E-state index < -0.39 is 5.92 Å². The van der Waals surface area contributed by atoms with Crippen LogP contribution in [0.4, 0.5) is 0 Å². The van der Waals surface area contributed by atoms with Crippen molar-refractivity contribution in [1.82, 2.24) is 14.5 Å². The second-order valence-electron chi connectivity index (χ2n) is 7.07. The van der Waals surface area contributed by atoms with E-state index in [2.05, 4.69) is 16.9 Å². The highest BCUT2D eigenvalue weighted by Gasteiger charge is 2.26. The van der Waals surface area contributed by atoms with E-state index in [1.807, 2.05) is 18.4 Å². The molecule has 0 spiro atoms. The fourth-order valence-electron chi connectivity index (χ4n) is 3.51. The highest BCUT2D eigenvalue weighted by Crippen LogP contribution is 2.35. The fourth-order valence-corrected chi connectivity index (χ4v) is 5.71. The van der Waals surface area contributed by atoms with Gasteiger partial charge in [0.05, 0.1) is 24.3 Å². The Morgan fingerprint density at radius 3 is 3.04 bits per heavy atom. The van der Waals surface area contributed by atoms with Crippen molar-refractivity contribution in [3.8, 4) is 6.07 Å². The van der Waals surface area contributed by atoms with Gasteiger partial charge in [-0.2, -0.15) is 5.26 Å². The largest absolute Gasteiger partial charge is 0.296 e. The van der Waals surface area contributed by atoms with Gasteiger partial charge in [-0.15, -0.1) is 22.7 Å². The van der Waals surface area contributed by atoms with Crippen molar-refractivity contribution in [2.24, 2.45) is 5.92 Å². The summed E-state index contributed by atoms with van der Waals surface area (Å²) in [5.41, 5.74) is 1.69. The van der Waals surface area contributed by atoms with Crippen LogP contribution in [0.5, 0.6) is 0 Å². The van der Waals surface area contributed by atoms with Crippen LogP contribution < -0.4 is 5.56 Å². The van der Waals surface area contributed by atoms with Gasteiger partial charge in [0.25, 0.3) is 5.56 Å². The van der Waals surface area contributed by atoms with Crippen molar-refractivity contribution in [3.63, 3.8) is 0 Å². The van der Waals surface area contributed by atoms with Gasteiger partial charge in [0.2, 0.25) is 0 Å². The Bertz CT molecular complexity index is 1130. The van der Waals surface area contributed by atoms with Crippen molar-refractivity contribution < 1.29 is 4.79 Å². The van der Waals surface area contributed by atoms with Gasteiger partial charge < -0.3 is 0 Å². The van der Waals surface area contributed by atoms with Gasteiger partial charge in [-0.1, -0.05) is 6.92 Å². The number of aromatic nitrogens is 3. The van der Waals surface area contributed by atoms with Crippen LogP contribution in [0.15, 0.2) is 16.5 Å². The van der Waals surface area contributed by atoms with Gasteiger partial charge in [-0.05, 0) is 37.7 Å². The maximum absolute atomic E-state index is 13.0. The predicted molar refractivity (Wildman–Crippen MR) is 105 cm³/mol. The highest BCUT2D eigenvalue weighted by molar-refractivity contribution is 7.18. The number of Topliss-reactive ketones (excluding diaryl/α,β-unsaturated/α-hetero) is 1. The number of thiophene rings is 1. The Kier molecular flexibility index (Phi) is 4.66. The zero-order chi connectivity index (χ0) is 19.1. The number of carbonyl (C=O) groups excluding carboxylic acids is 1. The first kappa shape index (κ1) is 18.0. The van der Waals surface area contributed by atoms with Crippen LogP contribution in [0.3, 0.4) is 0 Å². The standard InChI is InChI=1S/C19H18N4O2S2/c1-10-3-4-12-15(5-10)27-18-16(12)19(25)23(9-21-18)7-14(24)13(6-20)17-22-11(2)8-26-17/h8-10,13H,3-5,7H2,1-2H3. The minimum atomic E-state index is -0.955. The van der Waals surface area contributed by atoms with E-state index in [0.29, 0.717) is 16.3 Å². The first-order chi connectivity index (χ1) is 13.0. The first-order valence-corrected chi connectivity index (χ1v) is 10.5. The second kappa shape index (κ2) is 6.98. The third-order valence-corrected chi connectivity index (χ3v) is 7.13. The molecule has 0 amide bonds. The normalized spacial score (nSPS) is 17.4. The Morgan fingerprint density at radius 2 is 2.33 bits per heavy atom. The SMILES string of the molecule is Cc1csc(C(C#N)C(=O)Cn2cnc3sc4c(c3c2=O)CCC(C)C4)n1. The number of hydrogen-bond acceptors (Lipinski definition) is 7. The predicted octanol–water partition coefficient (Wildman–Crippen LogP) is 3.22. The molecule has 3 aromatic rings. The molecule has 138 valence electrons. The van der Waals surface area contributed by atoms with E-state index in [4.69, 9.17) is 0 Å². The molecule has 2 unspecified atom stereocenters. The van der Waals surface area contributed by atoms with Crippen LogP contribution in [0.2, 0.25) is 0 Å². The molecule has 3 aromatic heterocycles. The van der Waals surface area contributed by atoms with Crippen molar-refractivity contribution in [1.29, 1.82) is 5.26 Å². The van der Waals surface area contributed by atoms with Gasteiger partial charge in [0.15, 0.2) is 11.7 Å². The van der Waals surface area contributed by atoms with Crippen LogP contribution >= 0.6 is 22.7 Å². The smallest absolute Gasteiger partial charge is 0.262 e. The number of rotatable bonds is 4. The summed E-state index contributed by atoms with van der Waals surface area (Å²) in [5.74, 6) is -0.677. The molecule has 0 N–H and O–H groups in total. The van der Waals surface area contributed by atoms with Crippen LogP contribution in [-0.4, -0.2) is 20.3 Å². The molecule has 0 bridgehead atoms. The average Bonchev–Trinajstić information content (AvgIpc) is 3.21. The quantitative estimate of drug-likeness (QED) is 0.673. The molecule has 0 aliphatic heterocycles. The summed E-state index contributed by atoms with van der Waals surface area (Å²) < 4.78 is 1.33. The molecular formula is C19H18N4O2S2. The van der Waals surface area contributed by atoms with E-state index >= 15 is 0 Å². The molecule has 0 fully saturated rings. The minimum absolute atomic E-state index is 0.167. The molecular weight excluding hydrogens is 380 g/mol. The zero-order valence-corrected chi connectivity index (χ0v) is 16.7. The van der Waals surface area contributed by atoms with Gasteiger partial charge in [0, 0.05) is 16.0 Å². The highest BCUT2D eigenvalue weighted by atomic mass is 32.1. The molecule has 8 heteroatoms. The van der Waals surface area contributed by atoms with Gasteiger partial charge >= 0.3 is 0 Å². The second-order valence-corrected chi connectivity index (χ2v) is 9.04. The van der Waals surface area contributed by atoms with Gasteiger partial charge in [-0.3, -0.25) is 14.2 Å². The fraction of sp³-hybridized carbons (Fsp3) is 0.421. The molecule has 27 heavy (non-hydrogen) atoms. The van der Waals surface area contributed by atoms with E-state index in [1.54, 1.807) is 11.3 Å². The maximum atomic E-state index is 13.0. The van der Waals surface area contributed by atoms with Crippen LogP contribution in [0, 0.1) is 24.2 Å². The lowest BCUT2D eigenvalue weighted by Gasteiger charge is -2.17. The number of ketones is 1. The number of nitrogens with zero attached hydrogens (tertiary/aromatic N) is 4. The van der Waals surface area contributed by atoms with Crippen LogP contribution in [-0.2, 0) is 24.2 Å². The summed E-state index contributed by atoms with van der Waals surface area (Å²) in [7, 11) is 0. The number of hydrogen-bond donors (Lipinski definition) is 0. The number of thiazole rings is 1. The van der Waals surface area contributed by atoms with E-state index in [1.165, 1.54) is 27.1 Å². The van der Waals surface area contributed by atoms with E-state index in [0.717, 1.165) is 35.4 Å². The van der Waals surface area contributed by atoms with Crippen molar-refractivity contribution >= 4 is 38.7 Å². The summed E-state index contributed by atoms with van der Waals surface area (Å²) in [4.78, 5) is 36.3. The lowest BCUT2D eigenvalue weighted by atomic mass is 9.89. The maximum Gasteiger partial charge on any atom is 0.262 e. The Hall–Kier alpha value is -2.37. The van der Waals surface area contributed by atoms with E-state index in [9.17, 15) is 14.9 Å². The molecule has 0 aromatic carbocycles. The zero-order valence-electron chi connectivity index (χ0n) is 15.1. The summed E-state index contributed by atoms with van der Waals surface area (Å²) in [6.45, 7) is 3.88. The summed E-state index contributed by atoms with van der Waals surface area (Å²) >= 11 is 2.88. The molecule has 2 atom stereocenters. The Morgan fingerprint density at radius 1 is 1.52 bits per heavy atom. The van der Waals surface area contributed by atoms with E-state index in [-0.39, 0.29) is 17.9 Å². The lowest BCUT2D eigenvalue weighted by Crippen LogP contribution is -2.27. The Labute approximate surface area is 164 Å². The average molecular weight is 399 g/mol. The molecule has 0 saturated heterocycles. The van der Waals surface area contributed by atoms with Crippen molar-refractivity contribution in [2.75, 3.05) is 0 Å². The molecule has 0 saturated carbocycles. The number of fused-ring (bicyclic) bond motifs is 3. The molecule has 1 aliphatic rings. The molecule has 4 rings (SSSR count). The lowest BCUT2D eigenvalue weighted by molar-refractivity contribution is -0.120. The van der Waals surface area contributed by atoms with Crippen LogP contribution in [0.25, 0.3) is 10.2 Å². The van der Waals surface area contributed by atoms with Crippen LogP contribution in [0.1, 0.15) is 40.4 Å². The molecule has 0 radical (unpaired) electrons. The molecule has 6 nitrogen and oxygen atoms in total. The number of nitriles is 1. The molecule has 1 aliphatic carbocycles. The first-order valence-electron chi connectivity index (χ1n) is 8.82. The van der Waals surface area contributed by atoms with Gasteiger partial charge in [-0.25, -0.2) is 9.97 Å². The summed E-state index contributed by atoms with van der Waals surface area (Å²) in [5, 5.41) is 12.4. The summed E-state index contributed by atoms with van der Waals surface area (Å²) in [6.07, 6.45) is 4.35.